The molecule has 0 aliphatic carbocycles. The summed E-state index contributed by atoms with van der Waals surface area (Å²) in [6.07, 6.45) is -9.50. The molecule has 0 radical (unpaired) electrons. The molecule has 7 N–H and O–H groups in total. The number of hydrogen-bond acceptors (Lipinski definition) is 9. The second-order valence-corrected chi connectivity index (χ2v) is 8.30. The maximum Gasteiger partial charge on any atom is 0.470 e. The van der Waals surface area contributed by atoms with Crippen molar-refractivity contribution in [2.45, 2.75) is 30.7 Å². The van der Waals surface area contributed by atoms with Gasteiger partial charge < -0.3 is 43.9 Å². The third kappa shape index (κ3) is 8.18. The third-order valence-electron chi connectivity index (χ3n) is 2.77. The molecule has 150 valence electrons. The molecule has 1 heterocycles. The van der Waals surface area contributed by atoms with Crippen LogP contribution in [0.5, 0.6) is 0 Å². The molecule has 5 atom stereocenters. The lowest BCUT2D eigenvalue weighted by Gasteiger charge is -2.42. The van der Waals surface area contributed by atoms with Gasteiger partial charge in [-0.05, 0) is 0 Å². The Balaban J connectivity index is 3.09. The van der Waals surface area contributed by atoms with Crippen LogP contribution in [0.3, 0.4) is 0 Å². The van der Waals surface area contributed by atoms with Crippen LogP contribution in [0.2, 0.25) is 0 Å². The van der Waals surface area contributed by atoms with Crippen LogP contribution in [-0.2, 0) is 36.7 Å². The van der Waals surface area contributed by atoms with Gasteiger partial charge in [0.05, 0.1) is 6.61 Å². The number of ether oxygens (including phenoxy) is 2. The lowest BCUT2D eigenvalue weighted by atomic mass is 9.99. The minimum absolute atomic E-state index is 0.985. The van der Waals surface area contributed by atoms with E-state index >= 15 is 0 Å². The average molecular weight is 434 g/mol. The predicted molar refractivity (Wildman–Crippen MR) is 73.5 cm³/mol. The Morgan fingerprint density at radius 2 is 1.36 bits per heavy atom. The van der Waals surface area contributed by atoms with E-state index in [2.05, 4.69) is 13.6 Å². The molecule has 15 nitrogen and oxygen atoms in total. The predicted octanol–water partition coefficient (Wildman–Crippen LogP) is -2.22. The highest BCUT2D eigenvalue weighted by molar-refractivity contribution is 7.46. The molecule has 1 aliphatic heterocycles. The third-order valence-corrected chi connectivity index (χ3v) is 4.30. The fraction of sp³-hybridized carbons (Fsp3) is 1.00. The first-order valence-corrected chi connectivity index (χ1v) is 10.8. The highest BCUT2D eigenvalue weighted by Gasteiger charge is 2.51. The van der Waals surface area contributed by atoms with Crippen molar-refractivity contribution in [3.63, 3.8) is 0 Å². The maximum atomic E-state index is 11.0. The Bertz CT molecular complexity index is 574. The number of rotatable bonds is 8. The maximum absolute atomic E-state index is 11.0. The van der Waals surface area contributed by atoms with E-state index in [-0.39, 0.29) is 0 Å². The molecule has 0 aromatic carbocycles. The first-order chi connectivity index (χ1) is 11.1. The molecule has 0 bridgehead atoms. The van der Waals surface area contributed by atoms with E-state index in [0.717, 1.165) is 7.11 Å². The highest BCUT2D eigenvalue weighted by atomic mass is 31.2. The summed E-state index contributed by atoms with van der Waals surface area (Å²) in [7, 11) is -14.5. The summed E-state index contributed by atoms with van der Waals surface area (Å²) in [6, 6.07) is 0. The van der Waals surface area contributed by atoms with E-state index in [1.54, 1.807) is 0 Å². The molecule has 1 rings (SSSR count). The van der Waals surface area contributed by atoms with Gasteiger partial charge in [0, 0.05) is 7.11 Å². The SMILES string of the molecule is CO[C@H]1O[C@H](COP(=O)(O)O)[C@@H](OP(=O)(O)O)[C@H](O)[C@H]1OP(=O)(O)O. The summed E-state index contributed by atoms with van der Waals surface area (Å²) in [6.45, 7) is -1.01. The van der Waals surface area contributed by atoms with Crippen LogP contribution < -0.4 is 0 Å². The van der Waals surface area contributed by atoms with Gasteiger partial charge in [0.25, 0.3) is 0 Å². The molecule has 25 heavy (non-hydrogen) atoms. The summed E-state index contributed by atoms with van der Waals surface area (Å²) < 4.78 is 55.2. The van der Waals surface area contributed by atoms with Gasteiger partial charge in [0.2, 0.25) is 0 Å². The number of hydrogen-bond donors (Lipinski definition) is 7. The Morgan fingerprint density at radius 1 is 0.880 bits per heavy atom. The zero-order chi connectivity index (χ0) is 19.6. The Labute approximate surface area is 140 Å². The minimum atomic E-state index is -5.26. The quantitative estimate of drug-likeness (QED) is 0.200. The second-order valence-electron chi connectivity index (χ2n) is 4.68. The zero-order valence-electron chi connectivity index (χ0n) is 12.3. The topological polar surface area (TPSA) is 239 Å². The summed E-state index contributed by atoms with van der Waals surface area (Å²) in [5.74, 6) is 0. The lowest BCUT2D eigenvalue weighted by molar-refractivity contribution is -0.287. The zero-order valence-corrected chi connectivity index (χ0v) is 15.0. The monoisotopic (exact) mass is 434 g/mol. The Kier molecular flexibility index (Phi) is 7.89. The minimum Gasteiger partial charge on any atom is -0.387 e. The molecule has 0 aromatic heterocycles. The van der Waals surface area contributed by atoms with E-state index in [1.807, 2.05) is 0 Å². The van der Waals surface area contributed by atoms with Crippen molar-refractivity contribution in [1.29, 1.82) is 0 Å². The molecule has 1 aliphatic rings. The molecule has 0 spiro atoms. The molecule has 0 amide bonds. The van der Waals surface area contributed by atoms with Crippen molar-refractivity contribution in [3.8, 4) is 0 Å². The summed E-state index contributed by atoms with van der Waals surface area (Å²) in [5, 5.41) is 10.1. The first-order valence-electron chi connectivity index (χ1n) is 6.17. The van der Waals surface area contributed by atoms with Crippen LogP contribution >= 0.6 is 23.5 Å². The van der Waals surface area contributed by atoms with Crippen molar-refractivity contribution < 1.29 is 71.2 Å². The largest absolute Gasteiger partial charge is 0.470 e. The van der Waals surface area contributed by atoms with Gasteiger partial charge in [-0.25, -0.2) is 13.7 Å². The van der Waals surface area contributed by atoms with E-state index in [0.29, 0.717) is 0 Å². The van der Waals surface area contributed by atoms with E-state index < -0.39 is 60.8 Å². The molecular weight excluding hydrogens is 417 g/mol. The van der Waals surface area contributed by atoms with Crippen LogP contribution in [-0.4, -0.2) is 78.9 Å². The van der Waals surface area contributed by atoms with Gasteiger partial charge in [-0.3, -0.25) is 13.6 Å². The van der Waals surface area contributed by atoms with Gasteiger partial charge in [-0.15, -0.1) is 0 Å². The lowest BCUT2D eigenvalue weighted by Crippen LogP contribution is -2.60. The molecule has 0 aromatic rings. The molecule has 1 fully saturated rings. The summed E-state index contributed by atoms with van der Waals surface area (Å²) in [5.41, 5.74) is 0. The molecule has 0 unspecified atom stereocenters. The summed E-state index contributed by atoms with van der Waals surface area (Å²) >= 11 is 0. The van der Waals surface area contributed by atoms with Crippen LogP contribution in [0.4, 0.5) is 0 Å². The average Bonchev–Trinajstić information content (AvgIpc) is 2.38. The van der Waals surface area contributed by atoms with Crippen LogP contribution in [0, 0.1) is 0 Å². The number of phosphoric ester groups is 3. The fourth-order valence-corrected chi connectivity index (χ4v) is 3.41. The number of aliphatic hydroxyl groups is 1. The van der Waals surface area contributed by atoms with Crippen molar-refractivity contribution >= 4 is 23.5 Å². The standard InChI is InChI=1S/C7H17O15P3/c1-18-7-6(22-25(15,16)17)4(8)5(21-24(12,13)14)3(20-7)2-19-23(9,10)11/h3-8H,2H2,1H3,(H2,9,10,11)(H2,12,13,14)(H2,15,16,17)/t3-,4+,5-,6-,7+/m1/s1. The van der Waals surface area contributed by atoms with Gasteiger partial charge in [0.1, 0.15) is 24.4 Å². The van der Waals surface area contributed by atoms with Gasteiger partial charge in [0.15, 0.2) is 6.29 Å². The van der Waals surface area contributed by atoms with Crippen molar-refractivity contribution in [1.82, 2.24) is 0 Å². The normalized spacial score (nSPS) is 31.9. The molecular formula is C7H17O15P3. The fourth-order valence-electron chi connectivity index (χ4n) is 1.95. The van der Waals surface area contributed by atoms with E-state index in [4.69, 9.17) is 38.8 Å². The summed E-state index contributed by atoms with van der Waals surface area (Å²) in [4.78, 5) is 52.8. The Hall–Kier alpha value is 0.210. The van der Waals surface area contributed by atoms with Crippen molar-refractivity contribution in [3.05, 3.63) is 0 Å². The number of methoxy groups -OCH3 is 1. The van der Waals surface area contributed by atoms with Gasteiger partial charge in [-0.1, -0.05) is 0 Å². The molecule has 1 saturated heterocycles. The van der Waals surface area contributed by atoms with Crippen LogP contribution in [0.15, 0.2) is 0 Å². The van der Waals surface area contributed by atoms with Gasteiger partial charge in [-0.2, -0.15) is 0 Å². The van der Waals surface area contributed by atoms with Crippen LogP contribution in [0.25, 0.3) is 0 Å². The van der Waals surface area contributed by atoms with Gasteiger partial charge >= 0.3 is 23.5 Å². The van der Waals surface area contributed by atoms with Crippen molar-refractivity contribution in [2.24, 2.45) is 0 Å². The van der Waals surface area contributed by atoms with E-state index in [1.165, 1.54) is 0 Å². The van der Waals surface area contributed by atoms with Crippen LogP contribution in [0.1, 0.15) is 0 Å². The van der Waals surface area contributed by atoms with Crippen molar-refractivity contribution in [2.75, 3.05) is 13.7 Å². The van der Waals surface area contributed by atoms with E-state index in [9.17, 15) is 18.8 Å². The smallest absolute Gasteiger partial charge is 0.387 e. The molecule has 18 heteroatoms. The second kappa shape index (κ2) is 8.48. The first kappa shape index (κ1) is 23.2. The Morgan fingerprint density at radius 3 is 1.76 bits per heavy atom. The number of phosphoric acid groups is 3. The molecule has 0 saturated carbocycles. The number of aliphatic hydroxyl groups excluding tert-OH is 1. The highest BCUT2D eigenvalue weighted by Crippen LogP contribution is 2.46.